The van der Waals surface area contributed by atoms with Crippen LogP contribution in [0.3, 0.4) is 0 Å². The zero-order chi connectivity index (χ0) is 14.4. The molecule has 0 spiro atoms. The van der Waals surface area contributed by atoms with E-state index in [1.165, 1.54) is 16.6 Å². The van der Waals surface area contributed by atoms with Gasteiger partial charge in [-0.05, 0) is 36.4 Å². The van der Waals surface area contributed by atoms with E-state index >= 15 is 0 Å². The fourth-order valence-corrected chi connectivity index (χ4v) is 2.51. The van der Waals surface area contributed by atoms with Gasteiger partial charge >= 0.3 is 0 Å². The van der Waals surface area contributed by atoms with E-state index in [1.54, 1.807) is 0 Å². The number of fused-ring (bicyclic) bond motifs is 1. The molecule has 2 rings (SSSR count). The van der Waals surface area contributed by atoms with Crippen molar-refractivity contribution in [3.05, 3.63) is 36.0 Å². The summed E-state index contributed by atoms with van der Waals surface area (Å²) in [4.78, 5) is 0. The molecule has 0 atom stereocenters. The topological polar surface area (TPSA) is 17.0 Å². The SMILES string of the molecule is C#CCCCn1c(CNCC(C)C)cc2ccccc21. The summed E-state index contributed by atoms with van der Waals surface area (Å²) in [5.74, 6) is 3.40. The molecule has 0 aliphatic carbocycles. The largest absolute Gasteiger partial charge is 0.343 e. The number of nitrogens with one attached hydrogen (secondary N) is 1. The Morgan fingerprint density at radius 1 is 1.30 bits per heavy atom. The molecule has 1 aromatic heterocycles. The summed E-state index contributed by atoms with van der Waals surface area (Å²) in [7, 11) is 0. The average molecular weight is 268 g/mol. The van der Waals surface area contributed by atoms with Gasteiger partial charge in [0.05, 0.1) is 0 Å². The Balaban J connectivity index is 2.18. The molecule has 2 nitrogen and oxygen atoms in total. The van der Waals surface area contributed by atoms with Crippen molar-refractivity contribution in [3.63, 3.8) is 0 Å². The van der Waals surface area contributed by atoms with Gasteiger partial charge < -0.3 is 9.88 Å². The first-order valence-corrected chi connectivity index (χ1v) is 7.43. The van der Waals surface area contributed by atoms with Crippen LogP contribution in [0.1, 0.15) is 32.4 Å². The van der Waals surface area contributed by atoms with Crippen molar-refractivity contribution >= 4 is 10.9 Å². The van der Waals surface area contributed by atoms with E-state index < -0.39 is 0 Å². The lowest BCUT2D eigenvalue weighted by Gasteiger charge is -2.12. The van der Waals surface area contributed by atoms with Gasteiger partial charge in [0.25, 0.3) is 0 Å². The van der Waals surface area contributed by atoms with Crippen molar-refractivity contribution < 1.29 is 0 Å². The van der Waals surface area contributed by atoms with Gasteiger partial charge in [-0.2, -0.15) is 0 Å². The lowest BCUT2D eigenvalue weighted by Crippen LogP contribution is -2.20. The molecule has 0 aliphatic heterocycles. The molecule has 106 valence electrons. The minimum Gasteiger partial charge on any atom is -0.343 e. The number of aryl methyl sites for hydroxylation is 1. The van der Waals surface area contributed by atoms with Crippen molar-refractivity contribution in [1.29, 1.82) is 0 Å². The highest BCUT2D eigenvalue weighted by molar-refractivity contribution is 5.81. The Morgan fingerprint density at radius 2 is 2.10 bits per heavy atom. The average Bonchev–Trinajstić information content (AvgIpc) is 2.77. The van der Waals surface area contributed by atoms with Gasteiger partial charge in [0, 0.05) is 30.7 Å². The molecule has 1 aromatic carbocycles. The van der Waals surface area contributed by atoms with E-state index in [2.05, 4.69) is 60.0 Å². The minimum absolute atomic E-state index is 0.675. The van der Waals surface area contributed by atoms with E-state index in [0.717, 1.165) is 32.5 Å². The third kappa shape index (κ3) is 3.65. The lowest BCUT2D eigenvalue weighted by atomic mass is 10.2. The maximum absolute atomic E-state index is 5.36. The molecule has 0 saturated carbocycles. The third-order valence-corrected chi connectivity index (χ3v) is 3.46. The Bertz CT molecular complexity index is 587. The monoisotopic (exact) mass is 268 g/mol. The second-order valence-corrected chi connectivity index (χ2v) is 5.68. The molecule has 1 heterocycles. The maximum Gasteiger partial charge on any atom is 0.0482 e. The number of para-hydroxylation sites is 1. The number of aromatic nitrogens is 1. The van der Waals surface area contributed by atoms with Crippen molar-refractivity contribution in [1.82, 2.24) is 9.88 Å². The second-order valence-electron chi connectivity index (χ2n) is 5.68. The summed E-state index contributed by atoms with van der Waals surface area (Å²) in [6.07, 6.45) is 7.23. The van der Waals surface area contributed by atoms with Crippen LogP contribution in [0.2, 0.25) is 0 Å². The molecule has 0 unspecified atom stereocenters. The van der Waals surface area contributed by atoms with Crippen molar-refractivity contribution in [2.24, 2.45) is 5.92 Å². The van der Waals surface area contributed by atoms with Crippen LogP contribution in [-0.2, 0) is 13.1 Å². The molecule has 0 bridgehead atoms. The molecule has 2 aromatic rings. The number of nitrogens with zero attached hydrogens (tertiary/aromatic N) is 1. The minimum atomic E-state index is 0.675. The van der Waals surface area contributed by atoms with Gasteiger partial charge in [-0.25, -0.2) is 0 Å². The molecular weight excluding hydrogens is 244 g/mol. The van der Waals surface area contributed by atoms with Crippen LogP contribution in [0.5, 0.6) is 0 Å². The van der Waals surface area contributed by atoms with Crippen LogP contribution in [-0.4, -0.2) is 11.1 Å². The van der Waals surface area contributed by atoms with Crippen molar-refractivity contribution in [2.75, 3.05) is 6.54 Å². The van der Waals surface area contributed by atoms with Gasteiger partial charge in [-0.3, -0.25) is 0 Å². The van der Waals surface area contributed by atoms with Gasteiger partial charge in [0.15, 0.2) is 0 Å². The van der Waals surface area contributed by atoms with Crippen LogP contribution in [0.4, 0.5) is 0 Å². The van der Waals surface area contributed by atoms with Crippen molar-refractivity contribution in [3.8, 4) is 12.3 Å². The van der Waals surface area contributed by atoms with Gasteiger partial charge in [0.1, 0.15) is 0 Å². The number of hydrogen-bond acceptors (Lipinski definition) is 1. The van der Waals surface area contributed by atoms with Crippen LogP contribution in [0.15, 0.2) is 30.3 Å². The van der Waals surface area contributed by atoms with Gasteiger partial charge in [0.2, 0.25) is 0 Å². The zero-order valence-electron chi connectivity index (χ0n) is 12.5. The molecular formula is C18H24N2. The molecule has 0 radical (unpaired) electrons. The smallest absolute Gasteiger partial charge is 0.0482 e. The fourth-order valence-electron chi connectivity index (χ4n) is 2.51. The molecule has 0 aliphatic rings. The quantitative estimate of drug-likeness (QED) is 0.597. The lowest BCUT2D eigenvalue weighted by molar-refractivity contribution is 0.533. The molecule has 20 heavy (non-hydrogen) atoms. The second kappa shape index (κ2) is 7.17. The third-order valence-electron chi connectivity index (χ3n) is 3.46. The molecule has 0 saturated heterocycles. The van der Waals surface area contributed by atoms with Crippen LogP contribution >= 0.6 is 0 Å². The van der Waals surface area contributed by atoms with Crippen LogP contribution in [0.25, 0.3) is 10.9 Å². The number of hydrogen-bond donors (Lipinski definition) is 1. The van der Waals surface area contributed by atoms with Crippen LogP contribution < -0.4 is 5.32 Å². The molecule has 1 N–H and O–H groups in total. The van der Waals surface area contributed by atoms with E-state index in [0.29, 0.717) is 5.92 Å². The maximum atomic E-state index is 5.36. The summed E-state index contributed by atoms with van der Waals surface area (Å²) in [5, 5.41) is 4.85. The summed E-state index contributed by atoms with van der Waals surface area (Å²) in [6, 6.07) is 10.9. The zero-order valence-corrected chi connectivity index (χ0v) is 12.5. The van der Waals surface area contributed by atoms with E-state index in [4.69, 9.17) is 6.42 Å². The molecule has 0 amide bonds. The number of rotatable bonds is 7. The van der Waals surface area contributed by atoms with E-state index in [1.807, 2.05) is 0 Å². The van der Waals surface area contributed by atoms with E-state index in [9.17, 15) is 0 Å². The first-order valence-electron chi connectivity index (χ1n) is 7.43. The first-order chi connectivity index (χ1) is 9.72. The number of terminal acetylenes is 1. The highest BCUT2D eigenvalue weighted by atomic mass is 15.0. The number of benzene rings is 1. The predicted molar refractivity (Wildman–Crippen MR) is 86.5 cm³/mol. The standard InChI is InChI=1S/C18H24N2/c1-4-5-8-11-20-17(14-19-13-15(2)3)12-16-9-6-7-10-18(16)20/h1,6-7,9-10,12,15,19H,5,8,11,13-14H2,2-3H3. The van der Waals surface area contributed by atoms with Crippen LogP contribution in [0, 0.1) is 18.3 Å². The summed E-state index contributed by atoms with van der Waals surface area (Å²) < 4.78 is 2.40. The summed E-state index contributed by atoms with van der Waals surface area (Å²) >= 11 is 0. The molecule has 0 fully saturated rings. The highest BCUT2D eigenvalue weighted by Crippen LogP contribution is 2.20. The Labute approximate surface area is 122 Å². The fraction of sp³-hybridized carbons (Fsp3) is 0.444. The Kier molecular flexibility index (Phi) is 5.26. The Hall–Kier alpha value is -1.72. The normalized spacial score (nSPS) is 11.1. The molecule has 2 heteroatoms. The van der Waals surface area contributed by atoms with Gasteiger partial charge in [-0.1, -0.05) is 32.0 Å². The summed E-state index contributed by atoms with van der Waals surface area (Å²) in [5.41, 5.74) is 2.66. The van der Waals surface area contributed by atoms with Gasteiger partial charge in [-0.15, -0.1) is 12.3 Å². The Morgan fingerprint density at radius 3 is 2.85 bits per heavy atom. The first kappa shape index (κ1) is 14.7. The van der Waals surface area contributed by atoms with E-state index in [-0.39, 0.29) is 0 Å². The predicted octanol–water partition coefficient (Wildman–Crippen LogP) is 3.80. The highest BCUT2D eigenvalue weighted by Gasteiger charge is 2.08. The summed E-state index contributed by atoms with van der Waals surface area (Å²) in [6.45, 7) is 7.43. The van der Waals surface area contributed by atoms with Crippen molar-refractivity contribution in [2.45, 2.75) is 39.8 Å². The number of unbranched alkanes of at least 4 members (excludes halogenated alkanes) is 1.